The molecule has 1 aromatic carbocycles. The Kier molecular flexibility index (Phi) is 5.86. The van der Waals surface area contributed by atoms with Crippen LogP contribution in [0, 0.1) is 0 Å². The Hall–Kier alpha value is -1.64. The number of ether oxygens (including phenoxy) is 1. The summed E-state index contributed by atoms with van der Waals surface area (Å²) >= 11 is 0. The van der Waals surface area contributed by atoms with E-state index in [1.54, 1.807) is 22.8 Å². The van der Waals surface area contributed by atoms with Crippen LogP contribution in [0.3, 0.4) is 0 Å². The van der Waals surface area contributed by atoms with Crippen LogP contribution in [0.1, 0.15) is 51.5 Å². The van der Waals surface area contributed by atoms with Gasteiger partial charge in [-0.1, -0.05) is 0 Å². The molecule has 0 amide bonds. The summed E-state index contributed by atoms with van der Waals surface area (Å²) in [7, 11) is -3.31. The zero-order valence-electron chi connectivity index (χ0n) is 17.3. The third kappa shape index (κ3) is 4.29. The topological polar surface area (TPSA) is 84.4 Å². The Bertz CT molecular complexity index is 1010. The molecule has 1 saturated heterocycles. The first kappa shape index (κ1) is 20.6. The molecule has 0 atom stereocenters. The third-order valence-corrected chi connectivity index (χ3v) is 7.65. The predicted molar refractivity (Wildman–Crippen MR) is 113 cm³/mol. The van der Waals surface area contributed by atoms with Crippen LogP contribution < -0.4 is 5.69 Å². The lowest BCUT2D eigenvalue weighted by Crippen LogP contribution is -2.45. The summed E-state index contributed by atoms with van der Waals surface area (Å²) in [6.45, 7) is 4.79. The Morgan fingerprint density at radius 2 is 1.76 bits per heavy atom. The van der Waals surface area contributed by atoms with Crippen LogP contribution >= 0.6 is 0 Å². The van der Waals surface area contributed by atoms with Crippen molar-refractivity contribution in [2.75, 3.05) is 26.0 Å². The van der Waals surface area contributed by atoms with Gasteiger partial charge < -0.3 is 14.6 Å². The van der Waals surface area contributed by atoms with Crippen molar-refractivity contribution in [2.24, 2.45) is 0 Å². The number of sulfone groups is 1. The van der Waals surface area contributed by atoms with Gasteiger partial charge in [-0.3, -0.25) is 4.57 Å². The van der Waals surface area contributed by atoms with E-state index in [1.807, 2.05) is 0 Å². The number of nitrogens with one attached hydrogen (secondary N) is 1. The summed E-state index contributed by atoms with van der Waals surface area (Å²) in [6, 6.07) is 5.59. The fourth-order valence-corrected chi connectivity index (χ4v) is 5.66. The molecule has 1 N–H and O–H groups in total. The Balaban J connectivity index is 1.47. The summed E-state index contributed by atoms with van der Waals surface area (Å²) in [5, 5.41) is 0. The minimum atomic E-state index is -3.31. The van der Waals surface area contributed by atoms with Gasteiger partial charge in [0.1, 0.15) is 0 Å². The molecular formula is C21H31N3O4S. The normalized spacial score (nSPS) is 24.9. The molecule has 0 radical (unpaired) electrons. The van der Waals surface area contributed by atoms with Crippen LogP contribution in [0.25, 0.3) is 11.0 Å². The van der Waals surface area contributed by atoms with E-state index in [9.17, 15) is 13.2 Å². The number of likely N-dealkylation sites (tertiary alicyclic amines) is 1. The van der Waals surface area contributed by atoms with Crippen molar-refractivity contribution in [2.45, 2.75) is 68.5 Å². The van der Waals surface area contributed by atoms with E-state index in [1.165, 1.54) is 19.1 Å². The predicted octanol–water partition coefficient (Wildman–Crippen LogP) is 2.72. The first-order valence-electron chi connectivity index (χ1n) is 10.7. The van der Waals surface area contributed by atoms with Gasteiger partial charge in [0.15, 0.2) is 9.84 Å². The molecule has 2 aromatic rings. The van der Waals surface area contributed by atoms with Crippen LogP contribution in [-0.4, -0.2) is 61.0 Å². The maximum Gasteiger partial charge on any atom is 0.326 e. The van der Waals surface area contributed by atoms with Crippen molar-refractivity contribution >= 4 is 20.9 Å². The van der Waals surface area contributed by atoms with E-state index in [2.05, 4.69) is 16.8 Å². The molecule has 2 heterocycles. The van der Waals surface area contributed by atoms with E-state index in [0.717, 1.165) is 45.4 Å². The molecule has 2 fully saturated rings. The zero-order valence-corrected chi connectivity index (χ0v) is 18.1. The third-order valence-electron chi connectivity index (χ3n) is 6.54. The maximum absolute atomic E-state index is 12.6. The quantitative estimate of drug-likeness (QED) is 0.802. The van der Waals surface area contributed by atoms with E-state index in [0.29, 0.717) is 23.2 Å². The van der Waals surface area contributed by atoms with E-state index in [-0.39, 0.29) is 16.6 Å². The number of aromatic nitrogens is 2. The minimum Gasteiger partial charge on any atom is -0.379 e. The minimum absolute atomic E-state index is 0.0991. The smallest absolute Gasteiger partial charge is 0.326 e. The van der Waals surface area contributed by atoms with Gasteiger partial charge in [-0.15, -0.1) is 0 Å². The zero-order chi connectivity index (χ0) is 20.6. The highest BCUT2D eigenvalue weighted by molar-refractivity contribution is 7.90. The van der Waals surface area contributed by atoms with Gasteiger partial charge in [-0.25, -0.2) is 13.2 Å². The van der Waals surface area contributed by atoms with Crippen LogP contribution in [-0.2, 0) is 14.6 Å². The van der Waals surface area contributed by atoms with Crippen molar-refractivity contribution in [3.05, 3.63) is 28.7 Å². The molecule has 4 rings (SSSR count). The molecule has 8 heteroatoms. The number of hydrogen-bond donors (Lipinski definition) is 1. The number of aromatic amines is 1. The van der Waals surface area contributed by atoms with Crippen molar-refractivity contribution in [1.82, 2.24) is 14.5 Å². The molecule has 0 spiro atoms. The second-order valence-electron chi connectivity index (χ2n) is 8.40. The average molecular weight is 422 g/mol. The van der Waals surface area contributed by atoms with Gasteiger partial charge >= 0.3 is 5.69 Å². The lowest BCUT2D eigenvalue weighted by molar-refractivity contribution is 0.00796. The number of imidazole rings is 1. The molecule has 1 saturated carbocycles. The Labute approximate surface area is 172 Å². The molecule has 1 aromatic heterocycles. The molecule has 29 heavy (non-hydrogen) atoms. The molecule has 0 bridgehead atoms. The van der Waals surface area contributed by atoms with Crippen LogP contribution in [0.4, 0.5) is 0 Å². The van der Waals surface area contributed by atoms with Gasteiger partial charge in [-0.05, 0) is 63.6 Å². The summed E-state index contributed by atoms with van der Waals surface area (Å²) in [5.41, 5.74) is 1.23. The molecule has 7 nitrogen and oxygen atoms in total. The van der Waals surface area contributed by atoms with Crippen molar-refractivity contribution in [3.63, 3.8) is 0 Å². The van der Waals surface area contributed by atoms with Gasteiger partial charge in [0.05, 0.1) is 22.0 Å². The van der Waals surface area contributed by atoms with E-state index < -0.39 is 9.84 Å². The number of H-pyrrole nitrogens is 1. The highest BCUT2D eigenvalue weighted by Crippen LogP contribution is 2.31. The summed E-state index contributed by atoms with van der Waals surface area (Å²) in [6.07, 6.45) is 8.05. The molecule has 0 unspecified atom stereocenters. The summed E-state index contributed by atoms with van der Waals surface area (Å²) in [5.74, 6) is 0. The van der Waals surface area contributed by atoms with Gasteiger partial charge in [0, 0.05) is 38.0 Å². The lowest BCUT2D eigenvalue weighted by atomic mass is 9.90. The number of benzene rings is 1. The molecule has 2 aliphatic rings. The molecule has 1 aliphatic heterocycles. The highest BCUT2D eigenvalue weighted by atomic mass is 32.2. The number of rotatable bonds is 5. The summed E-state index contributed by atoms with van der Waals surface area (Å²) < 4.78 is 31.4. The maximum atomic E-state index is 12.6. The van der Waals surface area contributed by atoms with Gasteiger partial charge in [0.2, 0.25) is 0 Å². The monoisotopic (exact) mass is 421 g/mol. The van der Waals surface area contributed by atoms with E-state index >= 15 is 0 Å². The highest BCUT2D eigenvalue weighted by Gasteiger charge is 2.30. The Morgan fingerprint density at radius 3 is 2.38 bits per heavy atom. The molecule has 160 valence electrons. The van der Waals surface area contributed by atoms with Crippen molar-refractivity contribution < 1.29 is 13.2 Å². The number of fused-ring (bicyclic) bond motifs is 1. The largest absolute Gasteiger partial charge is 0.379 e. The summed E-state index contributed by atoms with van der Waals surface area (Å²) in [4.78, 5) is 18.3. The standard InChI is InChI=1S/C21H31N3O4S/c1-3-28-17-6-4-15(5-7-17)23-12-10-16(11-13-23)24-20-14-18(29(2,26)27)8-9-19(20)22-21(24)25/h8-9,14-17H,3-7,10-13H2,1-2H3,(H,22,25)/t15-,17-. The SMILES string of the molecule is CCO[C@H]1CC[C@H](N2CCC(n3c(=O)[nH]c4ccc(S(C)(=O)=O)cc43)CC2)CC1. The lowest BCUT2D eigenvalue weighted by Gasteiger charge is -2.40. The van der Waals surface area contributed by atoms with Crippen LogP contribution in [0.2, 0.25) is 0 Å². The van der Waals surface area contributed by atoms with E-state index in [4.69, 9.17) is 4.74 Å². The van der Waals surface area contributed by atoms with Crippen molar-refractivity contribution in [3.8, 4) is 0 Å². The average Bonchev–Trinajstić information content (AvgIpc) is 3.03. The molecule has 1 aliphatic carbocycles. The van der Waals surface area contributed by atoms with Gasteiger partial charge in [-0.2, -0.15) is 0 Å². The van der Waals surface area contributed by atoms with Crippen LogP contribution in [0.15, 0.2) is 27.9 Å². The first-order chi connectivity index (χ1) is 13.9. The number of piperidine rings is 1. The number of nitrogens with zero attached hydrogens (tertiary/aromatic N) is 2. The second kappa shape index (κ2) is 8.24. The number of hydrogen-bond acceptors (Lipinski definition) is 5. The first-order valence-corrected chi connectivity index (χ1v) is 12.6. The van der Waals surface area contributed by atoms with Gasteiger partial charge in [0.25, 0.3) is 0 Å². The molecular weight excluding hydrogens is 390 g/mol. The fourth-order valence-electron chi connectivity index (χ4n) is 5.02. The second-order valence-corrected chi connectivity index (χ2v) is 10.4. The Morgan fingerprint density at radius 1 is 1.07 bits per heavy atom. The van der Waals surface area contributed by atoms with Crippen LogP contribution in [0.5, 0.6) is 0 Å². The van der Waals surface area contributed by atoms with Crippen molar-refractivity contribution in [1.29, 1.82) is 0 Å². The fraction of sp³-hybridized carbons (Fsp3) is 0.667.